The van der Waals surface area contributed by atoms with Gasteiger partial charge in [0.2, 0.25) is 5.95 Å². The Bertz CT molecular complexity index is 422. The first kappa shape index (κ1) is 14.4. The molecule has 2 rings (SSSR count). The van der Waals surface area contributed by atoms with Gasteiger partial charge >= 0.3 is 0 Å². The molecular formula is C15H27N3O. The van der Waals surface area contributed by atoms with Crippen molar-refractivity contribution in [3.05, 3.63) is 12.4 Å². The zero-order valence-electron chi connectivity index (χ0n) is 13.0. The first-order valence-corrected chi connectivity index (χ1v) is 7.07. The SMILES string of the molecule is COCC(C)Nc1nccn1CC1C(C)(C)C1(C)C. The molecule has 1 aromatic rings. The molecule has 1 heterocycles. The Morgan fingerprint density at radius 2 is 2.00 bits per heavy atom. The number of hydrogen-bond donors (Lipinski definition) is 1. The third-order valence-corrected chi connectivity index (χ3v) is 5.21. The summed E-state index contributed by atoms with van der Waals surface area (Å²) in [7, 11) is 1.72. The highest BCUT2D eigenvalue weighted by Crippen LogP contribution is 2.68. The lowest BCUT2D eigenvalue weighted by Gasteiger charge is -2.15. The van der Waals surface area contributed by atoms with E-state index in [1.165, 1.54) is 0 Å². The summed E-state index contributed by atoms with van der Waals surface area (Å²) >= 11 is 0. The zero-order valence-corrected chi connectivity index (χ0v) is 13.0. The van der Waals surface area contributed by atoms with Gasteiger partial charge in [-0.2, -0.15) is 0 Å². The van der Waals surface area contributed by atoms with E-state index in [0.717, 1.165) is 12.5 Å². The summed E-state index contributed by atoms with van der Waals surface area (Å²) in [6.45, 7) is 13.2. The molecule has 0 amide bonds. The second-order valence-corrected chi connectivity index (χ2v) is 6.90. The van der Waals surface area contributed by atoms with Gasteiger partial charge in [0, 0.05) is 32.1 Å². The molecule has 4 heteroatoms. The van der Waals surface area contributed by atoms with Crippen LogP contribution in [0.15, 0.2) is 12.4 Å². The molecule has 0 bridgehead atoms. The summed E-state index contributed by atoms with van der Waals surface area (Å²) in [4.78, 5) is 4.41. The van der Waals surface area contributed by atoms with Crippen molar-refractivity contribution in [1.29, 1.82) is 0 Å². The van der Waals surface area contributed by atoms with Crippen molar-refractivity contribution in [2.24, 2.45) is 16.7 Å². The minimum Gasteiger partial charge on any atom is -0.383 e. The predicted octanol–water partition coefficient (Wildman–Crippen LogP) is 3.01. The molecule has 1 saturated carbocycles. The summed E-state index contributed by atoms with van der Waals surface area (Å²) in [5.74, 6) is 1.65. The van der Waals surface area contributed by atoms with Crippen LogP contribution in [0.4, 0.5) is 5.95 Å². The van der Waals surface area contributed by atoms with E-state index in [9.17, 15) is 0 Å². The standard InChI is InChI=1S/C15H27N3O/c1-11(10-19-6)17-13-16-7-8-18(13)9-12-14(2,3)15(12,4)5/h7-8,11-12H,9-10H2,1-6H3,(H,16,17). The van der Waals surface area contributed by atoms with Crippen molar-refractivity contribution in [3.63, 3.8) is 0 Å². The molecule has 0 spiro atoms. The molecule has 4 nitrogen and oxygen atoms in total. The fourth-order valence-electron chi connectivity index (χ4n) is 3.10. The molecule has 1 N–H and O–H groups in total. The van der Waals surface area contributed by atoms with E-state index in [1.807, 2.05) is 6.20 Å². The molecule has 0 radical (unpaired) electrons. The van der Waals surface area contributed by atoms with Crippen LogP contribution < -0.4 is 5.32 Å². The minimum absolute atomic E-state index is 0.270. The molecule has 1 atom stereocenters. The molecule has 1 unspecified atom stereocenters. The van der Waals surface area contributed by atoms with E-state index < -0.39 is 0 Å². The molecule has 0 aromatic carbocycles. The highest BCUT2D eigenvalue weighted by Gasteiger charge is 2.64. The average molecular weight is 265 g/mol. The second kappa shape index (κ2) is 4.82. The van der Waals surface area contributed by atoms with Crippen LogP contribution in [-0.2, 0) is 11.3 Å². The lowest BCUT2D eigenvalue weighted by molar-refractivity contribution is 0.190. The number of nitrogens with zero attached hydrogens (tertiary/aromatic N) is 2. The average Bonchev–Trinajstić information content (AvgIpc) is 2.67. The van der Waals surface area contributed by atoms with Gasteiger partial charge in [0.05, 0.1) is 6.61 Å². The van der Waals surface area contributed by atoms with Gasteiger partial charge in [-0.25, -0.2) is 4.98 Å². The number of ether oxygens (including phenoxy) is 1. The summed E-state index contributed by atoms with van der Waals surface area (Å²) in [6.07, 6.45) is 3.93. The van der Waals surface area contributed by atoms with Crippen molar-refractivity contribution in [2.75, 3.05) is 19.0 Å². The fraction of sp³-hybridized carbons (Fsp3) is 0.800. The normalized spacial score (nSPS) is 22.2. The van der Waals surface area contributed by atoms with Gasteiger partial charge in [-0.1, -0.05) is 27.7 Å². The molecule has 0 saturated heterocycles. The molecule has 1 aromatic heterocycles. The van der Waals surface area contributed by atoms with Crippen molar-refractivity contribution in [2.45, 2.75) is 47.2 Å². The highest BCUT2D eigenvalue weighted by atomic mass is 16.5. The van der Waals surface area contributed by atoms with Crippen molar-refractivity contribution in [3.8, 4) is 0 Å². The largest absolute Gasteiger partial charge is 0.383 e. The first-order valence-electron chi connectivity index (χ1n) is 7.07. The van der Waals surface area contributed by atoms with Crippen LogP contribution in [-0.4, -0.2) is 29.3 Å². The monoisotopic (exact) mass is 265 g/mol. The zero-order chi connectivity index (χ0) is 14.3. The minimum atomic E-state index is 0.270. The van der Waals surface area contributed by atoms with Gasteiger partial charge in [0.1, 0.15) is 0 Å². The number of methoxy groups -OCH3 is 1. The molecule has 0 aliphatic heterocycles. The number of nitrogens with one attached hydrogen (secondary N) is 1. The van der Waals surface area contributed by atoms with Gasteiger partial charge in [0.15, 0.2) is 0 Å². The van der Waals surface area contributed by atoms with Crippen molar-refractivity contribution in [1.82, 2.24) is 9.55 Å². The summed E-state index contributed by atoms with van der Waals surface area (Å²) in [5, 5.41) is 3.41. The maximum atomic E-state index is 5.15. The van der Waals surface area contributed by atoms with E-state index in [2.05, 4.69) is 55.7 Å². The number of hydrogen-bond acceptors (Lipinski definition) is 3. The van der Waals surface area contributed by atoms with Crippen LogP contribution in [0.2, 0.25) is 0 Å². The smallest absolute Gasteiger partial charge is 0.203 e. The highest BCUT2D eigenvalue weighted by molar-refractivity contribution is 5.28. The maximum absolute atomic E-state index is 5.15. The number of aromatic nitrogens is 2. The van der Waals surface area contributed by atoms with Gasteiger partial charge in [0.25, 0.3) is 0 Å². The van der Waals surface area contributed by atoms with E-state index in [4.69, 9.17) is 4.74 Å². The fourth-order valence-corrected chi connectivity index (χ4v) is 3.10. The maximum Gasteiger partial charge on any atom is 0.203 e. The Morgan fingerprint density at radius 1 is 1.37 bits per heavy atom. The Hall–Kier alpha value is -1.03. The Morgan fingerprint density at radius 3 is 2.53 bits per heavy atom. The Labute approximate surface area is 116 Å². The van der Waals surface area contributed by atoms with E-state index in [1.54, 1.807) is 7.11 Å². The third kappa shape index (κ3) is 2.50. The first-order chi connectivity index (χ1) is 8.80. The summed E-state index contributed by atoms with van der Waals surface area (Å²) < 4.78 is 7.38. The van der Waals surface area contributed by atoms with Crippen LogP contribution in [0.1, 0.15) is 34.6 Å². The summed E-state index contributed by atoms with van der Waals surface area (Å²) in [5.41, 5.74) is 0.819. The molecule has 108 valence electrons. The topological polar surface area (TPSA) is 39.1 Å². The van der Waals surface area contributed by atoms with Crippen LogP contribution in [0.5, 0.6) is 0 Å². The van der Waals surface area contributed by atoms with Crippen LogP contribution in [0, 0.1) is 16.7 Å². The lowest BCUT2D eigenvalue weighted by Crippen LogP contribution is -2.23. The molecular weight excluding hydrogens is 238 g/mol. The second-order valence-electron chi connectivity index (χ2n) is 6.90. The van der Waals surface area contributed by atoms with Gasteiger partial charge in [-0.05, 0) is 23.7 Å². The number of rotatable bonds is 6. The van der Waals surface area contributed by atoms with E-state index in [-0.39, 0.29) is 6.04 Å². The Balaban J connectivity index is 2.01. The molecule has 1 aliphatic carbocycles. The molecule has 1 aliphatic rings. The van der Waals surface area contributed by atoms with Crippen molar-refractivity contribution < 1.29 is 4.74 Å². The van der Waals surface area contributed by atoms with Crippen LogP contribution in [0.3, 0.4) is 0 Å². The third-order valence-electron chi connectivity index (χ3n) is 5.21. The van der Waals surface area contributed by atoms with E-state index >= 15 is 0 Å². The quantitative estimate of drug-likeness (QED) is 0.859. The molecule has 1 fully saturated rings. The van der Waals surface area contributed by atoms with Crippen LogP contribution >= 0.6 is 0 Å². The van der Waals surface area contributed by atoms with E-state index in [0.29, 0.717) is 23.4 Å². The molecule has 19 heavy (non-hydrogen) atoms. The predicted molar refractivity (Wildman–Crippen MR) is 78.2 cm³/mol. The van der Waals surface area contributed by atoms with Crippen molar-refractivity contribution >= 4 is 5.95 Å². The van der Waals surface area contributed by atoms with Gasteiger partial charge in [-0.3, -0.25) is 0 Å². The van der Waals surface area contributed by atoms with Gasteiger partial charge < -0.3 is 14.6 Å². The number of imidazole rings is 1. The number of anilines is 1. The lowest BCUT2D eigenvalue weighted by atomic mass is 10.0. The van der Waals surface area contributed by atoms with Gasteiger partial charge in [-0.15, -0.1) is 0 Å². The Kier molecular flexibility index (Phi) is 3.65. The summed E-state index contributed by atoms with van der Waals surface area (Å²) in [6, 6.07) is 0.270. The van der Waals surface area contributed by atoms with Crippen LogP contribution in [0.25, 0.3) is 0 Å².